The van der Waals surface area contributed by atoms with Crippen molar-refractivity contribution in [2.24, 2.45) is 0 Å². The third-order valence-electron chi connectivity index (χ3n) is 5.99. The summed E-state index contributed by atoms with van der Waals surface area (Å²) in [7, 11) is -3.20. The SMILES string of the molecule is Cc1ccc(Sc2ccc(C(=O)N(CC3CCCO3)C3CCS(=O)(=O)C3)cc2[N+](=O)[O-])cc1. The van der Waals surface area contributed by atoms with Gasteiger partial charge in [0.1, 0.15) is 0 Å². The van der Waals surface area contributed by atoms with Crippen molar-refractivity contribution < 1.29 is 22.9 Å². The van der Waals surface area contributed by atoms with Gasteiger partial charge in [-0.1, -0.05) is 29.5 Å². The van der Waals surface area contributed by atoms with Crippen LogP contribution in [0.4, 0.5) is 5.69 Å². The molecule has 2 saturated heterocycles. The van der Waals surface area contributed by atoms with Gasteiger partial charge < -0.3 is 9.64 Å². The lowest BCUT2D eigenvalue weighted by atomic mass is 10.1. The molecule has 8 nitrogen and oxygen atoms in total. The summed E-state index contributed by atoms with van der Waals surface area (Å²) >= 11 is 1.27. The van der Waals surface area contributed by atoms with E-state index in [2.05, 4.69) is 0 Å². The summed E-state index contributed by atoms with van der Waals surface area (Å²) in [5.41, 5.74) is 1.12. The zero-order chi connectivity index (χ0) is 23.6. The maximum Gasteiger partial charge on any atom is 0.284 e. The third kappa shape index (κ3) is 5.74. The molecule has 2 atom stereocenters. The second kappa shape index (κ2) is 9.82. The molecule has 2 unspecified atom stereocenters. The van der Waals surface area contributed by atoms with Crippen molar-refractivity contribution >= 4 is 33.2 Å². The van der Waals surface area contributed by atoms with E-state index in [1.165, 1.54) is 17.8 Å². The quantitative estimate of drug-likeness (QED) is 0.428. The highest BCUT2D eigenvalue weighted by molar-refractivity contribution is 7.99. The first-order valence-electron chi connectivity index (χ1n) is 10.9. The molecular weight excluding hydrogens is 464 g/mol. The molecule has 2 aromatic rings. The molecule has 33 heavy (non-hydrogen) atoms. The number of nitro benzene ring substituents is 1. The summed E-state index contributed by atoms with van der Waals surface area (Å²) in [5.74, 6) is -0.448. The topological polar surface area (TPSA) is 107 Å². The van der Waals surface area contributed by atoms with Crippen LogP contribution in [0.25, 0.3) is 0 Å². The number of aryl methyl sites for hydroxylation is 1. The van der Waals surface area contributed by atoms with Gasteiger partial charge in [0.15, 0.2) is 9.84 Å². The van der Waals surface area contributed by atoms with E-state index in [0.29, 0.717) is 17.9 Å². The standard InChI is InChI=1S/C23H26N2O6S2/c1-16-4-7-20(8-5-16)32-22-9-6-17(13-21(22)25(27)28)23(26)24(14-19-3-2-11-31-19)18-10-12-33(29,30)15-18/h4-9,13,18-19H,2-3,10-12,14-15H2,1H3. The van der Waals surface area contributed by atoms with Crippen LogP contribution in [0.2, 0.25) is 0 Å². The molecule has 1 amide bonds. The summed E-state index contributed by atoms with van der Waals surface area (Å²) in [6.45, 7) is 2.87. The van der Waals surface area contributed by atoms with Gasteiger partial charge in [0.05, 0.1) is 27.4 Å². The van der Waals surface area contributed by atoms with Crippen molar-refractivity contribution in [3.63, 3.8) is 0 Å². The molecule has 2 fully saturated rings. The second-order valence-corrected chi connectivity index (χ2v) is 11.8. The monoisotopic (exact) mass is 490 g/mol. The van der Waals surface area contributed by atoms with Gasteiger partial charge in [0, 0.05) is 35.7 Å². The molecule has 0 aromatic heterocycles. The number of amides is 1. The van der Waals surface area contributed by atoms with E-state index in [-0.39, 0.29) is 35.4 Å². The molecule has 0 bridgehead atoms. The third-order valence-corrected chi connectivity index (χ3v) is 8.81. The van der Waals surface area contributed by atoms with Gasteiger partial charge in [-0.3, -0.25) is 14.9 Å². The molecule has 0 N–H and O–H groups in total. The van der Waals surface area contributed by atoms with E-state index >= 15 is 0 Å². The highest BCUT2D eigenvalue weighted by Crippen LogP contribution is 2.36. The average molecular weight is 491 g/mol. The minimum Gasteiger partial charge on any atom is -0.376 e. The van der Waals surface area contributed by atoms with Gasteiger partial charge in [-0.2, -0.15) is 0 Å². The lowest BCUT2D eigenvalue weighted by molar-refractivity contribution is -0.387. The normalized spacial score (nSPS) is 21.7. The second-order valence-electron chi connectivity index (χ2n) is 8.50. The fourth-order valence-electron chi connectivity index (χ4n) is 4.21. The minimum atomic E-state index is -3.20. The molecular formula is C23H26N2O6S2. The summed E-state index contributed by atoms with van der Waals surface area (Å²) < 4.78 is 29.8. The number of hydrogen-bond donors (Lipinski definition) is 0. The first kappa shape index (κ1) is 23.7. The van der Waals surface area contributed by atoms with Gasteiger partial charge in [-0.05, 0) is 50.5 Å². The number of carbonyl (C=O) groups is 1. The van der Waals surface area contributed by atoms with Crippen LogP contribution in [-0.4, -0.2) is 61.0 Å². The predicted molar refractivity (Wildman–Crippen MR) is 125 cm³/mol. The predicted octanol–water partition coefficient (Wildman–Crippen LogP) is 3.86. The number of nitro groups is 1. The van der Waals surface area contributed by atoms with E-state index in [9.17, 15) is 23.3 Å². The number of ether oxygens (including phenoxy) is 1. The fourth-order valence-corrected chi connectivity index (χ4v) is 6.84. The maximum atomic E-state index is 13.5. The lowest BCUT2D eigenvalue weighted by Gasteiger charge is -2.30. The molecule has 2 heterocycles. The molecule has 2 aromatic carbocycles. The van der Waals surface area contributed by atoms with Gasteiger partial charge in [0.2, 0.25) is 0 Å². The fraction of sp³-hybridized carbons (Fsp3) is 0.435. The molecule has 0 radical (unpaired) electrons. The zero-order valence-electron chi connectivity index (χ0n) is 18.3. The van der Waals surface area contributed by atoms with E-state index in [0.717, 1.165) is 23.3 Å². The molecule has 10 heteroatoms. The van der Waals surface area contributed by atoms with Crippen LogP contribution >= 0.6 is 11.8 Å². The Morgan fingerprint density at radius 3 is 2.58 bits per heavy atom. The van der Waals surface area contributed by atoms with Crippen LogP contribution in [0, 0.1) is 17.0 Å². The Hall–Kier alpha value is -2.43. The van der Waals surface area contributed by atoms with Crippen LogP contribution in [0.3, 0.4) is 0 Å². The van der Waals surface area contributed by atoms with Crippen molar-refractivity contribution in [1.29, 1.82) is 0 Å². The molecule has 0 spiro atoms. The number of rotatable bonds is 7. The highest BCUT2D eigenvalue weighted by Gasteiger charge is 2.37. The van der Waals surface area contributed by atoms with Crippen LogP contribution in [0.1, 0.15) is 35.2 Å². The molecule has 176 valence electrons. The van der Waals surface area contributed by atoms with E-state index in [1.807, 2.05) is 31.2 Å². The Balaban J connectivity index is 1.61. The number of carbonyl (C=O) groups excluding carboxylic acids is 1. The lowest BCUT2D eigenvalue weighted by Crippen LogP contribution is -2.45. The first-order chi connectivity index (χ1) is 15.7. The van der Waals surface area contributed by atoms with E-state index in [1.54, 1.807) is 17.0 Å². The Labute approximate surface area is 197 Å². The van der Waals surface area contributed by atoms with Gasteiger partial charge in [-0.25, -0.2) is 8.42 Å². The minimum absolute atomic E-state index is 0.0409. The molecule has 0 saturated carbocycles. The van der Waals surface area contributed by atoms with Crippen molar-refractivity contribution in [1.82, 2.24) is 4.90 Å². The van der Waals surface area contributed by atoms with Crippen molar-refractivity contribution in [2.45, 2.75) is 48.1 Å². The summed E-state index contributed by atoms with van der Waals surface area (Å²) in [6.07, 6.45) is 1.91. The number of benzene rings is 2. The van der Waals surface area contributed by atoms with Crippen molar-refractivity contribution in [2.75, 3.05) is 24.7 Å². The van der Waals surface area contributed by atoms with Gasteiger partial charge in [0.25, 0.3) is 11.6 Å². The molecule has 4 rings (SSSR count). The van der Waals surface area contributed by atoms with Gasteiger partial charge >= 0.3 is 0 Å². The van der Waals surface area contributed by atoms with Crippen LogP contribution in [-0.2, 0) is 14.6 Å². The van der Waals surface area contributed by atoms with E-state index < -0.39 is 26.7 Å². The van der Waals surface area contributed by atoms with E-state index in [4.69, 9.17) is 4.74 Å². The average Bonchev–Trinajstić information content (AvgIpc) is 3.42. The van der Waals surface area contributed by atoms with Crippen molar-refractivity contribution in [3.8, 4) is 0 Å². The maximum absolute atomic E-state index is 13.5. The number of sulfone groups is 1. The molecule has 2 aliphatic heterocycles. The number of hydrogen-bond acceptors (Lipinski definition) is 7. The molecule has 2 aliphatic rings. The summed E-state index contributed by atoms with van der Waals surface area (Å²) in [6, 6.07) is 11.7. The van der Waals surface area contributed by atoms with Crippen LogP contribution < -0.4 is 0 Å². The van der Waals surface area contributed by atoms with Crippen LogP contribution in [0.15, 0.2) is 52.3 Å². The Bertz CT molecular complexity index is 1140. The number of nitrogens with zero attached hydrogens (tertiary/aromatic N) is 2. The van der Waals surface area contributed by atoms with Crippen LogP contribution in [0.5, 0.6) is 0 Å². The smallest absolute Gasteiger partial charge is 0.284 e. The van der Waals surface area contributed by atoms with Gasteiger partial charge in [-0.15, -0.1) is 0 Å². The first-order valence-corrected chi connectivity index (χ1v) is 13.5. The Kier molecular flexibility index (Phi) is 7.06. The zero-order valence-corrected chi connectivity index (χ0v) is 19.9. The Morgan fingerprint density at radius 2 is 1.97 bits per heavy atom. The summed E-state index contributed by atoms with van der Waals surface area (Å²) in [5, 5.41) is 11.8. The van der Waals surface area contributed by atoms with Crippen molar-refractivity contribution in [3.05, 3.63) is 63.7 Å². The Morgan fingerprint density at radius 1 is 1.21 bits per heavy atom. The summed E-state index contributed by atoms with van der Waals surface area (Å²) in [4.78, 5) is 27.6. The molecule has 0 aliphatic carbocycles. The largest absolute Gasteiger partial charge is 0.376 e. The highest BCUT2D eigenvalue weighted by atomic mass is 32.2.